The summed E-state index contributed by atoms with van der Waals surface area (Å²) in [6.07, 6.45) is 8.66. The van der Waals surface area contributed by atoms with E-state index in [9.17, 15) is 9.18 Å². The quantitative estimate of drug-likeness (QED) is 0.262. The summed E-state index contributed by atoms with van der Waals surface area (Å²) in [5.74, 6) is 1.56. The van der Waals surface area contributed by atoms with Crippen molar-refractivity contribution >= 4 is 16.7 Å². The van der Waals surface area contributed by atoms with Gasteiger partial charge >= 0.3 is 0 Å². The fraction of sp³-hybridized carbons (Fsp3) is 0.417. The summed E-state index contributed by atoms with van der Waals surface area (Å²) in [4.78, 5) is 21.6. The van der Waals surface area contributed by atoms with Crippen molar-refractivity contribution in [2.45, 2.75) is 57.5 Å². The van der Waals surface area contributed by atoms with E-state index in [1.807, 2.05) is 12.3 Å². The molecule has 0 amide bonds. The van der Waals surface area contributed by atoms with Crippen molar-refractivity contribution in [2.24, 2.45) is 11.8 Å². The molecule has 2 saturated heterocycles. The van der Waals surface area contributed by atoms with E-state index in [0.717, 1.165) is 81.4 Å². The minimum Gasteiger partial charge on any atom is -0.361 e. The van der Waals surface area contributed by atoms with Gasteiger partial charge in [0.05, 0.1) is 0 Å². The molecule has 5 heteroatoms. The number of halogens is 1. The number of piperidine rings is 2. The number of aromatic amines is 1. The zero-order valence-corrected chi connectivity index (χ0v) is 23.8. The molecule has 41 heavy (non-hydrogen) atoms. The molecule has 0 spiro atoms. The van der Waals surface area contributed by atoms with Crippen molar-refractivity contribution in [3.05, 3.63) is 107 Å². The second-order valence-corrected chi connectivity index (χ2v) is 12.7. The number of rotatable bonds is 7. The minimum absolute atomic E-state index is 0.164. The van der Waals surface area contributed by atoms with Crippen LogP contribution in [0.15, 0.2) is 72.9 Å². The predicted octanol–water partition coefficient (Wildman–Crippen LogP) is 7.34. The molecule has 3 aromatic carbocycles. The summed E-state index contributed by atoms with van der Waals surface area (Å²) < 4.78 is 13.6. The number of H-pyrrole nitrogens is 1. The molecule has 1 aliphatic carbocycles. The van der Waals surface area contributed by atoms with E-state index >= 15 is 0 Å². The van der Waals surface area contributed by atoms with Gasteiger partial charge in [0, 0.05) is 41.7 Å². The Morgan fingerprint density at radius 1 is 0.829 bits per heavy atom. The van der Waals surface area contributed by atoms with Gasteiger partial charge in [-0.2, -0.15) is 0 Å². The Balaban J connectivity index is 0.914. The summed E-state index contributed by atoms with van der Waals surface area (Å²) >= 11 is 0. The lowest BCUT2D eigenvalue weighted by Crippen LogP contribution is -2.34. The molecule has 2 fully saturated rings. The molecule has 0 saturated carbocycles. The highest BCUT2D eigenvalue weighted by Crippen LogP contribution is 2.37. The number of ketones is 1. The van der Waals surface area contributed by atoms with Crippen LogP contribution in [0.1, 0.15) is 70.6 Å². The van der Waals surface area contributed by atoms with Crippen molar-refractivity contribution in [3.63, 3.8) is 0 Å². The third kappa shape index (κ3) is 5.75. The summed E-state index contributed by atoms with van der Waals surface area (Å²) in [6, 6.07) is 22.5. The fourth-order valence-electron chi connectivity index (χ4n) is 7.62. The molecule has 1 unspecified atom stereocenters. The molecule has 0 radical (unpaired) electrons. The molecule has 212 valence electrons. The van der Waals surface area contributed by atoms with Crippen LogP contribution in [0, 0.1) is 17.7 Å². The van der Waals surface area contributed by atoms with Gasteiger partial charge in [0.25, 0.3) is 0 Å². The number of carbonyl (C=O) groups excluding carboxylic acids is 1. The Morgan fingerprint density at radius 2 is 1.59 bits per heavy atom. The van der Waals surface area contributed by atoms with Gasteiger partial charge in [-0.25, -0.2) is 4.39 Å². The van der Waals surface area contributed by atoms with Gasteiger partial charge in [-0.3, -0.25) is 14.6 Å². The van der Waals surface area contributed by atoms with E-state index in [0.29, 0.717) is 17.6 Å². The Bertz CT molecular complexity index is 1510. The van der Waals surface area contributed by atoms with E-state index in [1.165, 1.54) is 35.1 Å². The first-order valence-electron chi connectivity index (χ1n) is 15.5. The van der Waals surface area contributed by atoms with Crippen molar-refractivity contribution in [3.8, 4) is 0 Å². The molecule has 1 N–H and O–H groups in total. The van der Waals surface area contributed by atoms with Gasteiger partial charge in [-0.15, -0.1) is 0 Å². The lowest BCUT2D eigenvalue weighted by molar-refractivity contribution is 0.0895. The summed E-state index contributed by atoms with van der Waals surface area (Å²) in [6.45, 7) is 6.31. The van der Waals surface area contributed by atoms with Gasteiger partial charge in [0.2, 0.25) is 0 Å². The Kier molecular flexibility index (Phi) is 7.49. The van der Waals surface area contributed by atoms with Crippen molar-refractivity contribution < 1.29 is 9.18 Å². The van der Waals surface area contributed by atoms with Gasteiger partial charge in [0.15, 0.2) is 5.78 Å². The molecular weight excluding hydrogens is 509 g/mol. The number of Topliss-reactive ketones (excluding diaryl/α,β-unsaturated/α-hetero) is 1. The lowest BCUT2D eigenvalue weighted by atomic mass is 9.85. The van der Waals surface area contributed by atoms with Gasteiger partial charge in [-0.05, 0) is 117 Å². The maximum Gasteiger partial charge on any atom is 0.166 e. The zero-order chi connectivity index (χ0) is 27.8. The van der Waals surface area contributed by atoms with E-state index in [4.69, 9.17) is 0 Å². The molecule has 0 bridgehead atoms. The third-order valence-electron chi connectivity index (χ3n) is 9.99. The van der Waals surface area contributed by atoms with E-state index in [-0.39, 0.29) is 11.7 Å². The smallest absolute Gasteiger partial charge is 0.166 e. The van der Waals surface area contributed by atoms with Crippen molar-refractivity contribution in [1.82, 2.24) is 14.8 Å². The monoisotopic (exact) mass is 549 g/mol. The maximum atomic E-state index is 13.6. The topological polar surface area (TPSA) is 39.3 Å². The molecule has 2 aliphatic heterocycles. The van der Waals surface area contributed by atoms with Crippen LogP contribution in [0.25, 0.3) is 10.9 Å². The molecule has 3 heterocycles. The number of nitrogens with zero attached hydrogens (tertiary/aromatic N) is 2. The number of nitrogens with one attached hydrogen (secondary N) is 1. The first-order valence-corrected chi connectivity index (χ1v) is 15.5. The van der Waals surface area contributed by atoms with Gasteiger partial charge < -0.3 is 4.98 Å². The molecule has 7 rings (SSSR count). The van der Waals surface area contributed by atoms with Gasteiger partial charge in [0.1, 0.15) is 5.82 Å². The van der Waals surface area contributed by atoms with Crippen LogP contribution >= 0.6 is 0 Å². The number of likely N-dealkylation sites (tertiary alicyclic amines) is 2. The Labute approximate surface area is 242 Å². The average Bonchev–Trinajstić information content (AvgIpc) is 3.54. The van der Waals surface area contributed by atoms with Crippen LogP contribution in [-0.4, -0.2) is 46.7 Å². The SMILES string of the molecule is O=C1c2ccc(C3CCN(Cc4c[nH]c5cc(F)ccc45)CC3)cc2CC1CC1CCN(Cc2ccccc2)CC1. The molecule has 1 aromatic heterocycles. The second-order valence-electron chi connectivity index (χ2n) is 12.7. The number of benzene rings is 3. The largest absolute Gasteiger partial charge is 0.361 e. The standard InChI is InChI=1S/C36H40FN3O/c37-32-7-9-33-31(22-38-35(33)21-32)24-40-16-12-27(13-17-40)28-6-8-34-29(19-28)20-30(36(34)41)18-25-10-14-39(15-11-25)23-26-4-2-1-3-5-26/h1-9,19,21-22,25,27,30,38H,10-18,20,23-24H2. The summed E-state index contributed by atoms with van der Waals surface area (Å²) in [7, 11) is 0. The minimum atomic E-state index is -0.200. The van der Waals surface area contributed by atoms with Crippen molar-refractivity contribution in [1.29, 1.82) is 0 Å². The van der Waals surface area contributed by atoms with E-state index in [1.54, 1.807) is 12.1 Å². The summed E-state index contributed by atoms with van der Waals surface area (Å²) in [5.41, 5.74) is 7.17. The predicted molar refractivity (Wildman–Crippen MR) is 163 cm³/mol. The maximum absolute atomic E-state index is 13.6. The van der Waals surface area contributed by atoms with Crippen LogP contribution in [0.3, 0.4) is 0 Å². The van der Waals surface area contributed by atoms with Crippen LogP contribution in [-0.2, 0) is 19.5 Å². The number of carbonyl (C=O) groups is 1. The van der Waals surface area contributed by atoms with Crippen LogP contribution in [0.2, 0.25) is 0 Å². The van der Waals surface area contributed by atoms with E-state index in [2.05, 4.69) is 63.3 Å². The number of hydrogen-bond acceptors (Lipinski definition) is 3. The zero-order valence-electron chi connectivity index (χ0n) is 23.8. The lowest BCUT2D eigenvalue weighted by Gasteiger charge is -2.33. The number of aromatic nitrogens is 1. The third-order valence-corrected chi connectivity index (χ3v) is 9.99. The normalized spacial score (nSPS) is 21.1. The first-order chi connectivity index (χ1) is 20.1. The highest BCUT2D eigenvalue weighted by molar-refractivity contribution is 6.02. The van der Waals surface area contributed by atoms with Gasteiger partial charge in [-0.1, -0.05) is 48.5 Å². The highest BCUT2D eigenvalue weighted by atomic mass is 19.1. The van der Waals surface area contributed by atoms with Crippen LogP contribution in [0.5, 0.6) is 0 Å². The fourth-order valence-corrected chi connectivity index (χ4v) is 7.62. The van der Waals surface area contributed by atoms with Crippen LogP contribution in [0.4, 0.5) is 4.39 Å². The molecule has 1 atom stereocenters. The second kappa shape index (κ2) is 11.5. The Morgan fingerprint density at radius 3 is 2.39 bits per heavy atom. The molecular formula is C36H40FN3O. The molecule has 4 aromatic rings. The van der Waals surface area contributed by atoms with Crippen LogP contribution < -0.4 is 0 Å². The van der Waals surface area contributed by atoms with Crippen molar-refractivity contribution in [2.75, 3.05) is 26.2 Å². The first kappa shape index (κ1) is 26.6. The van der Waals surface area contributed by atoms with E-state index < -0.39 is 0 Å². The molecule has 3 aliphatic rings. The summed E-state index contributed by atoms with van der Waals surface area (Å²) in [5, 5.41) is 1.11. The average molecular weight is 550 g/mol. The highest BCUT2D eigenvalue weighted by Gasteiger charge is 2.34. The Hall–Kier alpha value is -3.28. The number of hydrogen-bond donors (Lipinski definition) is 1. The number of fused-ring (bicyclic) bond motifs is 2. The molecule has 4 nitrogen and oxygen atoms in total.